The second-order valence-corrected chi connectivity index (χ2v) is 4.85. The lowest BCUT2D eigenvalue weighted by Gasteiger charge is -1.98. The van der Waals surface area contributed by atoms with Crippen molar-refractivity contribution < 1.29 is 4.42 Å². The van der Waals surface area contributed by atoms with Crippen LogP contribution in [0, 0.1) is 6.92 Å². The molecule has 7 nitrogen and oxygen atoms in total. The van der Waals surface area contributed by atoms with E-state index in [1.807, 2.05) is 37.9 Å². The number of hydrogen-bond donors (Lipinski definition) is 1. The van der Waals surface area contributed by atoms with Gasteiger partial charge in [0.2, 0.25) is 11.8 Å². The Bertz CT molecular complexity index is 932. The predicted octanol–water partition coefficient (Wildman–Crippen LogP) is 2.32. The number of hydrogen-bond acceptors (Lipinski definition) is 5. The van der Waals surface area contributed by atoms with Gasteiger partial charge in [0, 0.05) is 49.1 Å². The highest BCUT2D eigenvalue weighted by Crippen LogP contribution is 2.29. The van der Waals surface area contributed by atoms with Crippen LogP contribution in [0.4, 0.5) is 0 Å². The molecular formula is C14H12N6O. The van der Waals surface area contributed by atoms with E-state index >= 15 is 0 Å². The van der Waals surface area contributed by atoms with E-state index in [-0.39, 0.29) is 0 Å². The SMILES string of the molecule is Cc1nnc(-c2c[nH]c3ncc(-c4cnn(C)c4)cc23)o1. The number of nitrogens with one attached hydrogen (secondary N) is 1. The van der Waals surface area contributed by atoms with Crippen LogP contribution in [0.1, 0.15) is 5.89 Å². The Morgan fingerprint density at radius 2 is 2.10 bits per heavy atom. The van der Waals surface area contributed by atoms with E-state index in [1.54, 1.807) is 11.6 Å². The number of aromatic nitrogens is 6. The van der Waals surface area contributed by atoms with Gasteiger partial charge in [-0.3, -0.25) is 4.68 Å². The maximum atomic E-state index is 5.50. The fraction of sp³-hybridized carbons (Fsp3) is 0.143. The average molecular weight is 280 g/mol. The molecule has 0 saturated carbocycles. The first kappa shape index (κ1) is 11.8. The molecule has 0 bridgehead atoms. The Labute approximate surface area is 119 Å². The van der Waals surface area contributed by atoms with E-state index in [0.717, 1.165) is 27.7 Å². The van der Waals surface area contributed by atoms with Gasteiger partial charge >= 0.3 is 0 Å². The molecule has 7 heteroatoms. The third-order valence-corrected chi connectivity index (χ3v) is 3.33. The zero-order valence-electron chi connectivity index (χ0n) is 11.5. The monoisotopic (exact) mass is 280 g/mol. The maximum absolute atomic E-state index is 5.50. The Balaban J connectivity index is 1.90. The van der Waals surface area contributed by atoms with Crippen molar-refractivity contribution in [3.8, 4) is 22.6 Å². The summed E-state index contributed by atoms with van der Waals surface area (Å²) in [4.78, 5) is 7.56. The summed E-state index contributed by atoms with van der Waals surface area (Å²) in [6.45, 7) is 1.77. The molecule has 4 heterocycles. The molecule has 0 amide bonds. The molecule has 0 unspecified atom stereocenters. The second-order valence-electron chi connectivity index (χ2n) is 4.85. The van der Waals surface area contributed by atoms with Gasteiger partial charge in [-0.1, -0.05) is 0 Å². The van der Waals surface area contributed by atoms with Gasteiger partial charge in [0.05, 0.1) is 11.8 Å². The molecule has 4 aromatic rings. The average Bonchev–Trinajstić information content (AvgIpc) is 3.17. The molecule has 0 radical (unpaired) electrons. The van der Waals surface area contributed by atoms with E-state index < -0.39 is 0 Å². The lowest BCUT2D eigenvalue weighted by molar-refractivity contribution is 0.533. The van der Waals surface area contributed by atoms with Crippen LogP contribution in [0.25, 0.3) is 33.6 Å². The predicted molar refractivity (Wildman–Crippen MR) is 76.3 cm³/mol. The molecular weight excluding hydrogens is 268 g/mol. The molecule has 0 aliphatic rings. The van der Waals surface area contributed by atoms with Gasteiger partial charge < -0.3 is 9.40 Å². The minimum Gasteiger partial charge on any atom is -0.421 e. The van der Waals surface area contributed by atoms with Gasteiger partial charge in [-0.05, 0) is 6.07 Å². The van der Waals surface area contributed by atoms with Crippen LogP contribution in [0.5, 0.6) is 0 Å². The summed E-state index contributed by atoms with van der Waals surface area (Å²) in [5.74, 6) is 1.03. The third kappa shape index (κ3) is 1.90. The molecule has 4 aromatic heterocycles. The molecule has 0 atom stereocenters. The van der Waals surface area contributed by atoms with Gasteiger partial charge in [0.1, 0.15) is 5.65 Å². The summed E-state index contributed by atoms with van der Waals surface area (Å²) in [6, 6.07) is 2.05. The first-order chi connectivity index (χ1) is 10.2. The molecule has 4 rings (SSSR count). The fourth-order valence-electron chi connectivity index (χ4n) is 2.31. The largest absolute Gasteiger partial charge is 0.421 e. The lowest BCUT2D eigenvalue weighted by atomic mass is 10.1. The summed E-state index contributed by atoms with van der Waals surface area (Å²) in [6.07, 6.45) is 7.41. The number of rotatable bonds is 2. The van der Waals surface area contributed by atoms with E-state index in [9.17, 15) is 0 Å². The van der Waals surface area contributed by atoms with Crippen LogP contribution in [0.15, 0.2) is 35.3 Å². The Morgan fingerprint density at radius 1 is 1.19 bits per heavy atom. The number of fused-ring (bicyclic) bond motifs is 1. The molecule has 0 aromatic carbocycles. The third-order valence-electron chi connectivity index (χ3n) is 3.33. The Kier molecular flexibility index (Phi) is 2.41. The summed E-state index contributed by atoms with van der Waals surface area (Å²) in [5, 5.41) is 13.1. The van der Waals surface area contributed by atoms with Crippen molar-refractivity contribution in [2.75, 3.05) is 0 Å². The summed E-state index contributed by atoms with van der Waals surface area (Å²) in [7, 11) is 1.89. The van der Waals surface area contributed by atoms with Crippen LogP contribution < -0.4 is 0 Å². The van der Waals surface area contributed by atoms with Gasteiger partial charge in [-0.25, -0.2) is 4.98 Å². The van der Waals surface area contributed by atoms with Crippen molar-refractivity contribution in [1.82, 2.24) is 29.9 Å². The highest BCUT2D eigenvalue weighted by atomic mass is 16.4. The standard InChI is InChI=1S/C14H12N6O/c1-8-18-19-14(21-8)12-6-16-13-11(12)3-9(4-15-13)10-5-17-20(2)7-10/h3-7H,1-2H3,(H,15,16). The van der Waals surface area contributed by atoms with Crippen LogP contribution in [-0.4, -0.2) is 29.9 Å². The van der Waals surface area contributed by atoms with E-state index in [1.165, 1.54) is 0 Å². The van der Waals surface area contributed by atoms with E-state index in [0.29, 0.717) is 11.8 Å². The van der Waals surface area contributed by atoms with Gasteiger partial charge in [-0.2, -0.15) is 5.10 Å². The van der Waals surface area contributed by atoms with Crippen molar-refractivity contribution in [2.45, 2.75) is 6.92 Å². The molecule has 0 aliphatic carbocycles. The molecule has 0 saturated heterocycles. The maximum Gasteiger partial charge on any atom is 0.249 e. The molecule has 104 valence electrons. The van der Waals surface area contributed by atoms with E-state index in [2.05, 4.69) is 25.3 Å². The van der Waals surface area contributed by atoms with E-state index in [4.69, 9.17) is 4.42 Å². The van der Waals surface area contributed by atoms with Crippen LogP contribution in [0.3, 0.4) is 0 Å². The normalized spacial score (nSPS) is 11.3. The van der Waals surface area contributed by atoms with Crippen molar-refractivity contribution in [1.29, 1.82) is 0 Å². The van der Waals surface area contributed by atoms with Crippen molar-refractivity contribution in [3.63, 3.8) is 0 Å². The summed E-state index contributed by atoms with van der Waals surface area (Å²) < 4.78 is 7.26. The molecule has 0 spiro atoms. The fourth-order valence-corrected chi connectivity index (χ4v) is 2.31. The van der Waals surface area contributed by atoms with Crippen molar-refractivity contribution >= 4 is 11.0 Å². The second kappa shape index (κ2) is 4.27. The first-order valence-corrected chi connectivity index (χ1v) is 6.47. The molecule has 0 aliphatic heterocycles. The zero-order chi connectivity index (χ0) is 14.4. The van der Waals surface area contributed by atoms with Gasteiger partial charge in [0.25, 0.3) is 0 Å². The van der Waals surface area contributed by atoms with Crippen LogP contribution in [-0.2, 0) is 7.05 Å². The van der Waals surface area contributed by atoms with Crippen molar-refractivity contribution in [3.05, 3.63) is 36.7 Å². The van der Waals surface area contributed by atoms with Gasteiger partial charge in [0.15, 0.2) is 0 Å². The smallest absolute Gasteiger partial charge is 0.249 e. The van der Waals surface area contributed by atoms with Crippen LogP contribution >= 0.6 is 0 Å². The number of aryl methyl sites for hydroxylation is 2. The molecule has 1 N–H and O–H groups in total. The molecule has 21 heavy (non-hydrogen) atoms. The summed E-state index contributed by atoms with van der Waals surface area (Å²) >= 11 is 0. The zero-order valence-corrected chi connectivity index (χ0v) is 11.5. The minimum absolute atomic E-state index is 0.490. The minimum atomic E-state index is 0.490. The Hall–Kier alpha value is -2.96. The lowest BCUT2D eigenvalue weighted by Crippen LogP contribution is -1.84. The van der Waals surface area contributed by atoms with Crippen LogP contribution in [0.2, 0.25) is 0 Å². The molecule has 0 fully saturated rings. The first-order valence-electron chi connectivity index (χ1n) is 6.47. The topological polar surface area (TPSA) is 85.4 Å². The summed E-state index contributed by atoms with van der Waals surface area (Å²) in [5.41, 5.74) is 3.64. The highest BCUT2D eigenvalue weighted by Gasteiger charge is 2.14. The number of H-pyrrole nitrogens is 1. The highest BCUT2D eigenvalue weighted by molar-refractivity contribution is 5.93. The Morgan fingerprint density at radius 3 is 2.81 bits per heavy atom. The number of pyridine rings is 1. The number of aromatic amines is 1. The van der Waals surface area contributed by atoms with Crippen molar-refractivity contribution in [2.24, 2.45) is 7.05 Å². The number of nitrogens with zero attached hydrogens (tertiary/aromatic N) is 5. The quantitative estimate of drug-likeness (QED) is 0.609. The van der Waals surface area contributed by atoms with Gasteiger partial charge in [-0.15, -0.1) is 10.2 Å².